The third-order valence-corrected chi connectivity index (χ3v) is 3.62. The molecule has 2 aromatic carbocycles. The van der Waals surface area contributed by atoms with E-state index in [0.717, 1.165) is 24.3 Å². The summed E-state index contributed by atoms with van der Waals surface area (Å²) in [4.78, 5) is 7.76. The Morgan fingerprint density at radius 2 is 1.56 bits per heavy atom. The van der Waals surface area contributed by atoms with Crippen LogP contribution in [0.25, 0.3) is 11.1 Å². The van der Waals surface area contributed by atoms with E-state index in [-0.39, 0.29) is 34.3 Å². The van der Waals surface area contributed by atoms with Crippen LogP contribution in [0.2, 0.25) is 5.28 Å². The molecule has 0 saturated heterocycles. The zero-order chi connectivity index (χ0) is 18.0. The second kappa shape index (κ2) is 7.06. The Labute approximate surface area is 145 Å². The van der Waals surface area contributed by atoms with Gasteiger partial charge in [0.2, 0.25) is 5.28 Å². The van der Waals surface area contributed by atoms with Gasteiger partial charge in [0, 0.05) is 41.6 Å². The van der Waals surface area contributed by atoms with Gasteiger partial charge in [-0.2, -0.15) is 0 Å². The highest BCUT2D eigenvalue weighted by molar-refractivity contribution is 6.28. The highest BCUT2D eigenvalue weighted by Gasteiger charge is 2.14. The van der Waals surface area contributed by atoms with Crippen molar-refractivity contribution in [3.63, 3.8) is 0 Å². The molecule has 0 bridgehead atoms. The Morgan fingerprint density at radius 3 is 2.24 bits per heavy atom. The maximum absolute atomic E-state index is 14.0. The van der Waals surface area contributed by atoms with Crippen LogP contribution in [0.1, 0.15) is 5.56 Å². The Kier molecular flexibility index (Phi) is 4.85. The van der Waals surface area contributed by atoms with Gasteiger partial charge in [0.15, 0.2) is 0 Å². The second-order valence-corrected chi connectivity index (χ2v) is 5.45. The van der Waals surface area contributed by atoms with E-state index in [4.69, 9.17) is 11.6 Å². The highest BCUT2D eigenvalue weighted by Crippen LogP contribution is 2.29. The monoisotopic (exact) mass is 367 g/mol. The van der Waals surface area contributed by atoms with Crippen molar-refractivity contribution in [2.75, 3.05) is 5.32 Å². The minimum absolute atomic E-state index is 0.0464. The molecule has 0 saturated carbocycles. The number of nitrogens with one attached hydrogen (secondary N) is 1. The summed E-state index contributed by atoms with van der Waals surface area (Å²) < 4.78 is 53.8. The summed E-state index contributed by atoms with van der Waals surface area (Å²) in [5.74, 6) is -2.82. The van der Waals surface area contributed by atoms with Crippen LogP contribution in [0.4, 0.5) is 23.4 Å². The molecule has 128 valence electrons. The molecule has 0 spiro atoms. The number of nitrogens with zero attached hydrogens (tertiary/aromatic N) is 2. The predicted molar refractivity (Wildman–Crippen MR) is 86.1 cm³/mol. The predicted octanol–water partition coefficient (Wildman–Crippen LogP) is 4.97. The fourth-order valence-corrected chi connectivity index (χ4v) is 2.38. The van der Waals surface area contributed by atoms with Crippen molar-refractivity contribution in [2.24, 2.45) is 0 Å². The molecule has 1 aromatic heterocycles. The molecular weight excluding hydrogens is 358 g/mol. The maximum Gasteiger partial charge on any atom is 0.224 e. The lowest BCUT2D eigenvalue weighted by molar-refractivity contribution is 0.574. The first-order chi connectivity index (χ1) is 11.9. The van der Waals surface area contributed by atoms with Crippen molar-refractivity contribution in [1.29, 1.82) is 0 Å². The largest absolute Gasteiger partial charge is 0.365 e. The molecule has 0 aliphatic heterocycles. The van der Waals surface area contributed by atoms with Crippen molar-refractivity contribution < 1.29 is 17.6 Å². The summed E-state index contributed by atoms with van der Waals surface area (Å²) in [5.41, 5.74) is 0.464. The number of benzene rings is 2. The van der Waals surface area contributed by atoms with Crippen molar-refractivity contribution in [3.8, 4) is 11.1 Å². The molecule has 0 unspecified atom stereocenters. The molecule has 3 rings (SSSR count). The van der Waals surface area contributed by atoms with Gasteiger partial charge in [-0.25, -0.2) is 27.5 Å². The normalized spacial score (nSPS) is 10.8. The van der Waals surface area contributed by atoms with Crippen molar-refractivity contribution in [3.05, 3.63) is 76.7 Å². The molecule has 0 atom stereocenters. The summed E-state index contributed by atoms with van der Waals surface area (Å²) in [6.45, 7) is -0.0464. The molecular formula is C17H10ClF4N3. The van der Waals surface area contributed by atoms with Crippen LogP contribution in [0.3, 0.4) is 0 Å². The fraction of sp³-hybridized carbons (Fsp3) is 0.0588. The van der Waals surface area contributed by atoms with E-state index in [1.165, 1.54) is 18.3 Å². The third-order valence-electron chi connectivity index (χ3n) is 3.44. The first kappa shape index (κ1) is 17.2. The lowest BCUT2D eigenvalue weighted by Crippen LogP contribution is -2.06. The van der Waals surface area contributed by atoms with Gasteiger partial charge in [0.05, 0.1) is 0 Å². The smallest absolute Gasteiger partial charge is 0.224 e. The summed E-state index contributed by atoms with van der Waals surface area (Å²) in [7, 11) is 0. The lowest BCUT2D eigenvalue weighted by Gasteiger charge is -2.12. The standard InChI is InChI=1S/C17H10ClF4N3/c18-17-24-8-13(12-4-3-11(20)6-15(12)22)16(25-17)23-7-9-1-2-10(19)5-14(9)21/h1-6,8H,7H2,(H,23,24,25). The Morgan fingerprint density at radius 1 is 0.880 bits per heavy atom. The number of hydrogen-bond acceptors (Lipinski definition) is 3. The first-order valence-corrected chi connectivity index (χ1v) is 7.47. The molecule has 25 heavy (non-hydrogen) atoms. The van der Waals surface area contributed by atoms with Crippen molar-refractivity contribution >= 4 is 17.4 Å². The molecule has 0 amide bonds. The Balaban J connectivity index is 1.94. The SMILES string of the molecule is Fc1ccc(CNc2nc(Cl)ncc2-c2ccc(F)cc2F)c(F)c1. The van der Waals surface area contributed by atoms with Crippen molar-refractivity contribution in [2.45, 2.75) is 6.54 Å². The van der Waals surface area contributed by atoms with Crippen LogP contribution < -0.4 is 5.32 Å². The van der Waals surface area contributed by atoms with Crippen LogP contribution in [0.5, 0.6) is 0 Å². The van der Waals surface area contributed by atoms with Gasteiger partial charge in [0.1, 0.15) is 29.1 Å². The molecule has 0 radical (unpaired) electrons. The molecule has 1 N–H and O–H groups in total. The fourth-order valence-electron chi connectivity index (χ4n) is 2.24. The van der Waals surface area contributed by atoms with E-state index >= 15 is 0 Å². The van der Waals surface area contributed by atoms with Gasteiger partial charge < -0.3 is 5.32 Å². The van der Waals surface area contributed by atoms with Crippen LogP contribution in [-0.4, -0.2) is 9.97 Å². The first-order valence-electron chi connectivity index (χ1n) is 7.10. The summed E-state index contributed by atoms with van der Waals surface area (Å²) in [5, 5.41) is 2.71. The average molecular weight is 368 g/mol. The van der Waals surface area contributed by atoms with E-state index in [1.54, 1.807) is 0 Å². The summed E-state index contributed by atoms with van der Waals surface area (Å²) in [6, 6.07) is 6.21. The number of hydrogen-bond donors (Lipinski definition) is 1. The number of aromatic nitrogens is 2. The maximum atomic E-state index is 14.0. The lowest BCUT2D eigenvalue weighted by atomic mass is 10.1. The molecule has 0 aliphatic rings. The zero-order valence-corrected chi connectivity index (χ0v) is 13.3. The van der Waals surface area contributed by atoms with Gasteiger partial charge in [-0.3, -0.25) is 0 Å². The molecule has 3 nitrogen and oxygen atoms in total. The average Bonchev–Trinajstić information content (AvgIpc) is 2.55. The van der Waals surface area contributed by atoms with E-state index in [9.17, 15) is 17.6 Å². The number of halogens is 5. The van der Waals surface area contributed by atoms with E-state index in [2.05, 4.69) is 15.3 Å². The molecule has 0 aliphatic carbocycles. The molecule has 8 heteroatoms. The topological polar surface area (TPSA) is 37.8 Å². The number of anilines is 1. The van der Waals surface area contributed by atoms with Crippen LogP contribution >= 0.6 is 11.6 Å². The van der Waals surface area contributed by atoms with Gasteiger partial charge in [-0.1, -0.05) is 6.07 Å². The van der Waals surface area contributed by atoms with Gasteiger partial charge >= 0.3 is 0 Å². The quantitative estimate of drug-likeness (QED) is 0.523. The van der Waals surface area contributed by atoms with E-state index < -0.39 is 23.3 Å². The minimum atomic E-state index is -0.804. The van der Waals surface area contributed by atoms with Crippen molar-refractivity contribution in [1.82, 2.24) is 9.97 Å². The molecule has 3 aromatic rings. The van der Waals surface area contributed by atoms with Gasteiger partial charge in [0.25, 0.3) is 0 Å². The summed E-state index contributed by atoms with van der Waals surface area (Å²) >= 11 is 5.76. The zero-order valence-electron chi connectivity index (χ0n) is 12.5. The molecule has 1 heterocycles. The van der Waals surface area contributed by atoms with Crippen LogP contribution in [0.15, 0.2) is 42.6 Å². The second-order valence-electron chi connectivity index (χ2n) is 5.11. The summed E-state index contributed by atoms with van der Waals surface area (Å²) in [6.07, 6.45) is 1.27. The highest BCUT2D eigenvalue weighted by atomic mass is 35.5. The Hall–Kier alpha value is -2.67. The Bertz CT molecular complexity index is 934. The van der Waals surface area contributed by atoms with Gasteiger partial charge in [-0.05, 0) is 29.8 Å². The molecule has 0 fully saturated rings. The van der Waals surface area contributed by atoms with E-state index in [1.807, 2.05) is 0 Å². The number of rotatable bonds is 4. The van der Waals surface area contributed by atoms with Crippen LogP contribution in [0, 0.1) is 23.3 Å². The third kappa shape index (κ3) is 3.88. The van der Waals surface area contributed by atoms with Crippen LogP contribution in [-0.2, 0) is 6.54 Å². The van der Waals surface area contributed by atoms with E-state index in [0.29, 0.717) is 0 Å². The van der Waals surface area contributed by atoms with Gasteiger partial charge in [-0.15, -0.1) is 0 Å². The minimum Gasteiger partial charge on any atom is -0.365 e.